The molecule has 0 aliphatic carbocycles. The van der Waals surface area contributed by atoms with Crippen molar-refractivity contribution in [2.24, 2.45) is 0 Å². The van der Waals surface area contributed by atoms with Crippen LogP contribution in [0.2, 0.25) is 0 Å². The van der Waals surface area contributed by atoms with Crippen LogP contribution in [-0.4, -0.2) is 47.9 Å². The molecule has 142 valence electrons. The average molecular weight is 366 g/mol. The van der Waals surface area contributed by atoms with Gasteiger partial charge in [-0.25, -0.2) is 0 Å². The number of aryl methyl sites for hydroxylation is 1. The summed E-state index contributed by atoms with van der Waals surface area (Å²) < 4.78 is 5.21. The lowest BCUT2D eigenvalue weighted by atomic mass is 10.1. The van der Waals surface area contributed by atoms with Crippen molar-refractivity contribution >= 4 is 11.8 Å². The molecule has 1 heterocycles. The maximum Gasteiger partial charge on any atom is 0.245 e. The zero-order valence-corrected chi connectivity index (χ0v) is 16.1. The van der Waals surface area contributed by atoms with E-state index in [2.05, 4.69) is 6.07 Å². The molecule has 1 fully saturated rings. The van der Waals surface area contributed by atoms with Crippen LogP contribution in [-0.2, 0) is 22.6 Å². The molecule has 1 unspecified atom stereocenters. The van der Waals surface area contributed by atoms with Crippen LogP contribution in [0.4, 0.5) is 0 Å². The first-order valence-corrected chi connectivity index (χ1v) is 9.24. The number of piperazine rings is 1. The van der Waals surface area contributed by atoms with E-state index in [-0.39, 0.29) is 18.2 Å². The molecule has 27 heavy (non-hydrogen) atoms. The summed E-state index contributed by atoms with van der Waals surface area (Å²) in [7, 11) is 1.61. The first kappa shape index (κ1) is 19.0. The minimum atomic E-state index is -0.443. The summed E-state index contributed by atoms with van der Waals surface area (Å²) in [5.41, 5.74) is 3.19. The van der Waals surface area contributed by atoms with Crippen LogP contribution in [0, 0.1) is 6.92 Å². The van der Waals surface area contributed by atoms with Crippen molar-refractivity contribution in [2.45, 2.75) is 32.9 Å². The maximum absolute atomic E-state index is 12.8. The lowest BCUT2D eigenvalue weighted by molar-refractivity contribution is -0.150. The summed E-state index contributed by atoms with van der Waals surface area (Å²) in [6, 6.07) is 15.2. The fourth-order valence-electron chi connectivity index (χ4n) is 3.52. The number of nitrogens with zero attached hydrogens (tertiary/aromatic N) is 2. The molecule has 5 nitrogen and oxygen atoms in total. The molecule has 1 atom stereocenters. The van der Waals surface area contributed by atoms with E-state index in [1.807, 2.05) is 61.2 Å². The summed E-state index contributed by atoms with van der Waals surface area (Å²) in [5.74, 6) is 0.702. The highest BCUT2D eigenvalue weighted by Gasteiger charge is 2.34. The Balaban J connectivity index is 1.64. The van der Waals surface area contributed by atoms with Gasteiger partial charge in [-0.05, 0) is 37.1 Å². The predicted octanol–water partition coefficient (Wildman–Crippen LogP) is 2.81. The molecule has 0 bridgehead atoms. The van der Waals surface area contributed by atoms with Gasteiger partial charge in [-0.15, -0.1) is 0 Å². The number of amides is 2. The van der Waals surface area contributed by atoms with Gasteiger partial charge in [0, 0.05) is 19.6 Å². The number of hydrogen-bond acceptors (Lipinski definition) is 3. The molecule has 5 heteroatoms. The molecule has 1 saturated heterocycles. The second kappa shape index (κ2) is 8.25. The smallest absolute Gasteiger partial charge is 0.245 e. The van der Waals surface area contributed by atoms with Crippen molar-refractivity contribution in [3.63, 3.8) is 0 Å². The van der Waals surface area contributed by atoms with E-state index in [0.29, 0.717) is 19.6 Å². The molecule has 0 saturated carbocycles. The lowest BCUT2D eigenvalue weighted by Gasteiger charge is -2.39. The quantitative estimate of drug-likeness (QED) is 0.818. The standard InChI is InChI=1S/C22H26N2O3/c1-16-6-4-8-19(12-16)15-23-10-11-24(17(2)22(23)26)21(25)14-18-7-5-9-20(13-18)27-3/h4-9,12-13,17H,10-11,14-15H2,1-3H3. The molecule has 0 radical (unpaired) electrons. The molecular formula is C22H26N2O3. The van der Waals surface area contributed by atoms with Crippen molar-refractivity contribution in [3.05, 3.63) is 65.2 Å². The van der Waals surface area contributed by atoms with Crippen LogP contribution in [0.25, 0.3) is 0 Å². The number of ether oxygens (including phenoxy) is 1. The second-order valence-corrected chi connectivity index (χ2v) is 7.04. The molecule has 0 N–H and O–H groups in total. The first-order chi connectivity index (χ1) is 13.0. The number of hydrogen-bond donors (Lipinski definition) is 0. The molecule has 0 spiro atoms. The Morgan fingerprint density at radius 1 is 1.11 bits per heavy atom. The number of rotatable bonds is 5. The van der Waals surface area contributed by atoms with Crippen LogP contribution in [0.3, 0.4) is 0 Å². The predicted molar refractivity (Wildman–Crippen MR) is 104 cm³/mol. The Kier molecular flexibility index (Phi) is 5.79. The van der Waals surface area contributed by atoms with Gasteiger partial charge >= 0.3 is 0 Å². The Hall–Kier alpha value is -2.82. The van der Waals surface area contributed by atoms with E-state index >= 15 is 0 Å². The average Bonchev–Trinajstić information content (AvgIpc) is 2.65. The molecule has 2 aromatic rings. The molecular weight excluding hydrogens is 340 g/mol. The van der Waals surface area contributed by atoms with Crippen LogP contribution in [0.5, 0.6) is 5.75 Å². The number of benzene rings is 2. The molecule has 2 amide bonds. The first-order valence-electron chi connectivity index (χ1n) is 9.24. The highest BCUT2D eigenvalue weighted by atomic mass is 16.5. The number of methoxy groups -OCH3 is 1. The zero-order chi connectivity index (χ0) is 19.4. The minimum Gasteiger partial charge on any atom is -0.497 e. The third kappa shape index (κ3) is 4.48. The lowest BCUT2D eigenvalue weighted by Crippen LogP contribution is -2.57. The molecule has 2 aromatic carbocycles. The van der Waals surface area contributed by atoms with E-state index in [1.54, 1.807) is 12.0 Å². The Bertz CT molecular complexity index is 834. The van der Waals surface area contributed by atoms with Crippen LogP contribution in [0.15, 0.2) is 48.5 Å². The summed E-state index contributed by atoms with van der Waals surface area (Å²) in [6.07, 6.45) is 0.271. The van der Waals surface area contributed by atoms with Crippen molar-refractivity contribution < 1.29 is 14.3 Å². The fourth-order valence-corrected chi connectivity index (χ4v) is 3.52. The number of carbonyl (C=O) groups is 2. The molecule has 1 aliphatic rings. The Labute approximate surface area is 160 Å². The van der Waals surface area contributed by atoms with E-state index in [0.717, 1.165) is 16.9 Å². The van der Waals surface area contributed by atoms with Crippen molar-refractivity contribution in [2.75, 3.05) is 20.2 Å². The topological polar surface area (TPSA) is 49.9 Å². The highest BCUT2D eigenvalue weighted by molar-refractivity contribution is 5.89. The van der Waals surface area contributed by atoms with Crippen LogP contribution < -0.4 is 4.74 Å². The van der Waals surface area contributed by atoms with Crippen LogP contribution in [0.1, 0.15) is 23.6 Å². The number of carbonyl (C=O) groups excluding carboxylic acids is 2. The summed E-state index contributed by atoms with van der Waals surface area (Å²) in [5, 5.41) is 0. The van der Waals surface area contributed by atoms with Gasteiger partial charge in [-0.3, -0.25) is 9.59 Å². The van der Waals surface area contributed by atoms with E-state index in [4.69, 9.17) is 4.74 Å². The normalized spacial score (nSPS) is 17.1. The third-order valence-electron chi connectivity index (χ3n) is 5.01. The fraction of sp³-hybridized carbons (Fsp3) is 0.364. The highest BCUT2D eigenvalue weighted by Crippen LogP contribution is 2.18. The Morgan fingerprint density at radius 3 is 2.59 bits per heavy atom. The van der Waals surface area contributed by atoms with Gasteiger partial charge in [0.25, 0.3) is 0 Å². The van der Waals surface area contributed by atoms with Crippen molar-refractivity contribution in [3.8, 4) is 5.75 Å². The monoisotopic (exact) mass is 366 g/mol. The van der Waals surface area contributed by atoms with Gasteiger partial charge in [0.2, 0.25) is 11.8 Å². The van der Waals surface area contributed by atoms with E-state index < -0.39 is 6.04 Å². The molecule has 3 rings (SSSR count). The van der Waals surface area contributed by atoms with Gasteiger partial charge in [-0.2, -0.15) is 0 Å². The largest absolute Gasteiger partial charge is 0.497 e. The maximum atomic E-state index is 12.8. The SMILES string of the molecule is COc1cccc(CC(=O)N2CCN(Cc3cccc(C)c3)C(=O)C2C)c1. The summed E-state index contributed by atoms with van der Waals surface area (Å²) in [4.78, 5) is 29.1. The van der Waals surface area contributed by atoms with Crippen LogP contribution >= 0.6 is 0 Å². The van der Waals surface area contributed by atoms with Gasteiger partial charge in [0.1, 0.15) is 11.8 Å². The van der Waals surface area contributed by atoms with E-state index in [9.17, 15) is 9.59 Å². The van der Waals surface area contributed by atoms with Crippen molar-refractivity contribution in [1.29, 1.82) is 0 Å². The van der Waals surface area contributed by atoms with Gasteiger partial charge in [0.05, 0.1) is 13.5 Å². The summed E-state index contributed by atoms with van der Waals surface area (Å²) in [6.45, 7) is 5.56. The summed E-state index contributed by atoms with van der Waals surface area (Å²) >= 11 is 0. The molecule has 1 aliphatic heterocycles. The van der Waals surface area contributed by atoms with Gasteiger partial charge < -0.3 is 14.5 Å². The van der Waals surface area contributed by atoms with Crippen molar-refractivity contribution in [1.82, 2.24) is 9.80 Å². The minimum absolute atomic E-state index is 0.00162. The zero-order valence-electron chi connectivity index (χ0n) is 16.1. The molecule has 0 aromatic heterocycles. The van der Waals surface area contributed by atoms with Gasteiger partial charge in [-0.1, -0.05) is 42.0 Å². The second-order valence-electron chi connectivity index (χ2n) is 7.04. The third-order valence-corrected chi connectivity index (χ3v) is 5.01. The van der Waals surface area contributed by atoms with Gasteiger partial charge in [0.15, 0.2) is 0 Å². The van der Waals surface area contributed by atoms with E-state index in [1.165, 1.54) is 5.56 Å². The Morgan fingerprint density at radius 2 is 1.85 bits per heavy atom.